The first-order chi connectivity index (χ1) is 9.78. The molecule has 0 spiro atoms. The van der Waals surface area contributed by atoms with Crippen LogP contribution >= 0.6 is 0 Å². The molecule has 0 saturated carbocycles. The molecule has 0 atom stereocenters. The topological polar surface area (TPSA) is 96.6 Å². The zero-order chi connectivity index (χ0) is 13.9. The van der Waals surface area contributed by atoms with E-state index in [0.29, 0.717) is 11.3 Å². The fraction of sp³-hybridized carbons (Fsp3) is 0.0769. The van der Waals surface area contributed by atoms with Crippen molar-refractivity contribution in [2.75, 3.05) is 7.11 Å². The van der Waals surface area contributed by atoms with Gasteiger partial charge in [-0.05, 0) is 29.5 Å². The van der Waals surface area contributed by atoms with Gasteiger partial charge in [0, 0.05) is 11.3 Å². The van der Waals surface area contributed by atoms with E-state index in [2.05, 4.69) is 25.6 Å². The van der Waals surface area contributed by atoms with Gasteiger partial charge in [-0.15, -0.1) is 10.2 Å². The number of aromatic nitrogens is 5. The fourth-order valence-electron chi connectivity index (χ4n) is 1.88. The second-order valence-electron chi connectivity index (χ2n) is 4.08. The number of ether oxygens (including phenoxy) is 1. The van der Waals surface area contributed by atoms with E-state index in [1.165, 1.54) is 0 Å². The van der Waals surface area contributed by atoms with Crippen LogP contribution in [-0.2, 0) is 0 Å². The molecule has 1 aromatic carbocycles. The lowest BCUT2D eigenvalue weighted by molar-refractivity contribution is 0.415. The summed E-state index contributed by atoms with van der Waals surface area (Å²) in [6.45, 7) is 0. The normalized spacial score (nSPS) is 10.4. The summed E-state index contributed by atoms with van der Waals surface area (Å²) in [5.74, 6) is 0.994. The molecular formula is C13H11N5O2. The highest BCUT2D eigenvalue weighted by Crippen LogP contribution is 2.22. The zero-order valence-corrected chi connectivity index (χ0v) is 10.6. The van der Waals surface area contributed by atoms with Gasteiger partial charge >= 0.3 is 0 Å². The van der Waals surface area contributed by atoms with Gasteiger partial charge in [0.05, 0.1) is 12.7 Å². The van der Waals surface area contributed by atoms with Crippen LogP contribution in [0.3, 0.4) is 0 Å². The molecule has 0 unspecified atom stereocenters. The third kappa shape index (κ3) is 2.16. The number of H-pyrrole nitrogens is 2. The number of hydrogen-bond donors (Lipinski definition) is 2. The highest BCUT2D eigenvalue weighted by Gasteiger charge is 2.09. The SMILES string of the molecule is COc1cccc(-c2ccc(-c3nn[nH]n3)c(=O)[nH]2)c1. The third-order valence-corrected chi connectivity index (χ3v) is 2.88. The Bertz CT molecular complexity index is 779. The van der Waals surface area contributed by atoms with Crippen molar-refractivity contribution < 1.29 is 4.74 Å². The highest BCUT2D eigenvalue weighted by molar-refractivity contribution is 5.64. The van der Waals surface area contributed by atoms with Crippen LogP contribution in [0.2, 0.25) is 0 Å². The molecule has 7 nitrogen and oxygen atoms in total. The molecule has 20 heavy (non-hydrogen) atoms. The molecule has 2 heterocycles. The van der Waals surface area contributed by atoms with Gasteiger partial charge in [0.15, 0.2) is 0 Å². The predicted molar refractivity (Wildman–Crippen MR) is 72.2 cm³/mol. The smallest absolute Gasteiger partial charge is 0.259 e. The first-order valence-corrected chi connectivity index (χ1v) is 5.89. The van der Waals surface area contributed by atoms with Gasteiger partial charge in [0.1, 0.15) is 5.75 Å². The monoisotopic (exact) mass is 269 g/mol. The average molecular weight is 269 g/mol. The Balaban J connectivity index is 2.04. The van der Waals surface area contributed by atoms with E-state index >= 15 is 0 Å². The number of hydrogen-bond acceptors (Lipinski definition) is 5. The third-order valence-electron chi connectivity index (χ3n) is 2.88. The standard InChI is InChI=1S/C13H11N5O2/c1-20-9-4-2-3-8(7-9)11-6-5-10(13(19)14-11)12-15-17-18-16-12/h2-7H,1H3,(H,14,19)(H,15,16,17,18). The van der Waals surface area contributed by atoms with Crippen molar-refractivity contribution in [1.82, 2.24) is 25.6 Å². The predicted octanol–water partition coefficient (Wildman–Crippen LogP) is 1.23. The molecule has 3 aromatic rings. The first kappa shape index (κ1) is 12.1. The Morgan fingerprint density at radius 2 is 2.10 bits per heavy atom. The van der Waals surface area contributed by atoms with Crippen molar-refractivity contribution in [1.29, 1.82) is 0 Å². The summed E-state index contributed by atoms with van der Waals surface area (Å²) in [7, 11) is 1.60. The van der Waals surface area contributed by atoms with Gasteiger partial charge < -0.3 is 9.72 Å². The molecule has 0 radical (unpaired) electrons. The summed E-state index contributed by atoms with van der Waals surface area (Å²) in [5, 5.41) is 13.3. The fourth-order valence-corrected chi connectivity index (χ4v) is 1.88. The Morgan fingerprint density at radius 3 is 2.80 bits per heavy atom. The van der Waals surface area contributed by atoms with Crippen LogP contribution in [0.5, 0.6) is 5.75 Å². The molecule has 0 aliphatic heterocycles. The van der Waals surface area contributed by atoms with E-state index in [0.717, 1.165) is 11.3 Å². The Labute approximate surface area is 113 Å². The van der Waals surface area contributed by atoms with E-state index < -0.39 is 0 Å². The lowest BCUT2D eigenvalue weighted by Crippen LogP contribution is -2.10. The van der Waals surface area contributed by atoms with Crippen molar-refractivity contribution in [3.8, 4) is 28.4 Å². The molecule has 0 aliphatic carbocycles. The largest absolute Gasteiger partial charge is 0.497 e. The van der Waals surface area contributed by atoms with Gasteiger partial charge in [-0.3, -0.25) is 4.79 Å². The van der Waals surface area contributed by atoms with E-state index in [1.54, 1.807) is 19.2 Å². The Kier molecular flexibility index (Phi) is 3.00. The second-order valence-corrected chi connectivity index (χ2v) is 4.08. The number of methoxy groups -OCH3 is 1. The molecular weight excluding hydrogens is 258 g/mol. The van der Waals surface area contributed by atoms with Crippen molar-refractivity contribution in [2.45, 2.75) is 0 Å². The quantitative estimate of drug-likeness (QED) is 0.745. The maximum atomic E-state index is 12.1. The lowest BCUT2D eigenvalue weighted by atomic mass is 10.1. The summed E-state index contributed by atoms with van der Waals surface area (Å²) in [4.78, 5) is 14.9. The summed E-state index contributed by atoms with van der Waals surface area (Å²) in [6.07, 6.45) is 0. The minimum atomic E-state index is -0.272. The lowest BCUT2D eigenvalue weighted by Gasteiger charge is -2.05. The number of aromatic amines is 2. The van der Waals surface area contributed by atoms with Crippen LogP contribution in [0.15, 0.2) is 41.2 Å². The molecule has 3 rings (SSSR count). The summed E-state index contributed by atoms with van der Waals surface area (Å²) in [6, 6.07) is 10.9. The Hall–Kier alpha value is -2.96. The maximum Gasteiger partial charge on any atom is 0.259 e. The number of nitrogens with zero attached hydrogens (tertiary/aromatic N) is 3. The molecule has 0 saturated heterocycles. The molecule has 100 valence electrons. The molecule has 2 aromatic heterocycles. The van der Waals surface area contributed by atoms with Gasteiger partial charge in [-0.2, -0.15) is 5.21 Å². The van der Waals surface area contributed by atoms with E-state index in [1.807, 2.05) is 24.3 Å². The molecule has 2 N–H and O–H groups in total. The molecule has 0 amide bonds. The number of rotatable bonds is 3. The van der Waals surface area contributed by atoms with Crippen LogP contribution in [0.1, 0.15) is 0 Å². The van der Waals surface area contributed by atoms with Crippen molar-refractivity contribution in [3.63, 3.8) is 0 Å². The van der Waals surface area contributed by atoms with Crippen molar-refractivity contribution >= 4 is 0 Å². The number of pyridine rings is 1. The van der Waals surface area contributed by atoms with Crippen molar-refractivity contribution in [2.24, 2.45) is 0 Å². The van der Waals surface area contributed by atoms with Gasteiger partial charge in [0.2, 0.25) is 5.82 Å². The summed E-state index contributed by atoms with van der Waals surface area (Å²) < 4.78 is 5.16. The Morgan fingerprint density at radius 1 is 1.20 bits per heavy atom. The molecule has 0 fully saturated rings. The van der Waals surface area contributed by atoms with E-state index in [9.17, 15) is 4.79 Å². The number of tetrazole rings is 1. The van der Waals surface area contributed by atoms with E-state index in [-0.39, 0.29) is 11.4 Å². The van der Waals surface area contributed by atoms with Gasteiger partial charge in [-0.25, -0.2) is 0 Å². The average Bonchev–Trinajstić information content (AvgIpc) is 3.01. The molecule has 0 bridgehead atoms. The van der Waals surface area contributed by atoms with E-state index in [4.69, 9.17) is 4.74 Å². The van der Waals surface area contributed by atoms with Crippen LogP contribution < -0.4 is 10.3 Å². The van der Waals surface area contributed by atoms with Crippen LogP contribution in [0, 0.1) is 0 Å². The minimum absolute atomic E-state index is 0.267. The maximum absolute atomic E-state index is 12.1. The molecule has 7 heteroatoms. The van der Waals surface area contributed by atoms with Crippen LogP contribution in [0.4, 0.5) is 0 Å². The second kappa shape index (κ2) is 4.96. The first-order valence-electron chi connectivity index (χ1n) is 5.89. The van der Waals surface area contributed by atoms with Crippen LogP contribution in [-0.4, -0.2) is 32.7 Å². The highest BCUT2D eigenvalue weighted by atomic mass is 16.5. The van der Waals surface area contributed by atoms with Crippen molar-refractivity contribution in [3.05, 3.63) is 46.8 Å². The summed E-state index contributed by atoms with van der Waals surface area (Å²) in [5.41, 5.74) is 1.65. The molecule has 0 aliphatic rings. The minimum Gasteiger partial charge on any atom is -0.497 e. The van der Waals surface area contributed by atoms with Gasteiger partial charge in [0.25, 0.3) is 5.56 Å². The van der Waals surface area contributed by atoms with Crippen LogP contribution in [0.25, 0.3) is 22.6 Å². The zero-order valence-electron chi connectivity index (χ0n) is 10.6. The number of benzene rings is 1. The van der Waals surface area contributed by atoms with Gasteiger partial charge in [-0.1, -0.05) is 12.1 Å². The summed E-state index contributed by atoms with van der Waals surface area (Å²) >= 11 is 0. The number of nitrogens with one attached hydrogen (secondary N) is 2.